The number of phenolic OH excluding ortho intramolecular Hbond substituents is 3. The van der Waals surface area contributed by atoms with Gasteiger partial charge in [-0.3, -0.25) is 4.79 Å². The number of hydrogen-bond acceptors (Lipinski definition) is 4. The summed E-state index contributed by atoms with van der Waals surface area (Å²) in [5.41, 5.74) is 2.06. The van der Waals surface area contributed by atoms with Crippen molar-refractivity contribution in [2.75, 3.05) is 0 Å². The highest BCUT2D eigenvalue weighted by Gasteiger charge is 2.10. The van der Waals surface area contributed by atoms with Gasteiger partial charge in [-0.05, 0) is 29.8 Å². The van der Waals surface area contributed by atoms with Crippen molar-refractivity contribution in [3.63, 3.8) is 0 Å². The molecule has 0 aliphatic carbocycles. The Balaban J connectivity index is 2.34. The van der Waals surface area contributed by atoms with Crippen molar-refractivity contribution in [2.24, 2.45) is 7.05 Å². The van der Waals surface area contributed by atoms with Crippen molar-refractivity contribution in [1.82, 2.24) is 4.57 Å². The lowest BCUT2D eigenvalue weighted by Crippen LogP contribution is -2.01. The molecule has 0 fully saturated rings. The molecule has 3 N–H and O–H groups in total. The van der Waals surface area contributed by atoms with Gasteiger partial charge in [-0.25, -0.2) is 0 Å². The highest BCUT2D eigenvalue weighted by Crippen LogP contribution is 2.35. The number of nitrogens with zero attached hydrogens (tertiary/aromatic N) is 1. The van der Waals surface area contributed by atoms with Crippen LogP contribution in [0.3, 0.4) is 0 Å². The summed E-state index contributed by atoms with van der Waals surface area (Å²) in [6.45, 7) is 0. The van der Waals surface area contributed by atoms with E-state index in [1.807, 2.05) is 0 Å². The van der Waals surface area contributed by atoms with Gasteiger partial charge in [0.25, 0.3) is 0 Å². The summed E-state index contributed by atoms with van der Waals surface area (Å²) in [7, 11) is 1.76. The van der Waals surface area contributed by atoms with Crippen LogP contribution in [0.25, 0.3) is 0 Å². The summed E-state index contributed by atoms with van der Waals surface area (Å²) in [5, 5.41) is 28.1. The van der Waals surface area contributed by atoms with Crippen molar-refractivity contribution in [3.8, 4) is 17.2 Å². The van der Waals surface area contributed by atoms with E-state index in [1.165, 1.54) is 12.1 Å². The lowest BCUT2D eigenvalue weighted by Gasteiger charge is -2.07. The number of aldehydes is 1. The average molecular weight is 247 g/mol. The zero-order valence-corrected chi connectivity index (χ0v) is 9.79. The average Bonchev–Trinajstić information content (AvgIpc) is 2.67. The van der Waals surface area contributed by atoms with Gasteiger partial charge in [0.15, 0.2) is 23.5 Å². The second kappa shape index (κ2) is 4.44. The van der Waals surface area contributed by atoms with Crippen LogP contribution in [-0.4, -0.2) is 26.2 Å². The molecule has 5 nitrogen and oxygen atoms in total. The first-order valence-corrected chi connectivity index (χ1v) is 5.36. The first-order valence-electron chi connectivity index (χ1n) is 5.36. The third-order valence-electron chi connectivity index (χ3n) is 2.90. The van der Waals surface area contributed by atoms with E-state index in [1.54, 1.807) is 23.7 Å². The number of carbonyl (C=O) groups is 1. The maximum absolute atomic E-state index is 10.7. The van der Waals surface area contributed by atoms with Crippen LogP contribution in [0, 0.1) is 0 Å². The Morgan fingerprint density at radius 1 is 1.17 bits per heavy atom. The summed E-state index contributed by atoms with van der Waals surface area (Å²) >= 11 is 0. The fraction of sp³-hybridized carbons (Fsp3) is 0.154. The monoisotopic (exact) mass is 247 g/mol. The van der Waals surface area contributed by atoms with E-state index < -0.39 is 5.75 Å². The van der Waals surface area contributed by atoms with Crippen molar-refractivity contribution in [2.45, 2.75) is 6.42 Å². The molecule has 0 unspecified atom stereocenters. The fourth-order valence-electron chi connectivity index (χ4n) is 1.84. The lowest BCUT2D eigenvalue weighted by atomic mass is 10.1. The summed E-state index contributed by atoms with van der Waals surface area (Å²) in [4.78, 5) is 10.7. The van der Waals surface area contributed by atoms with Crippen LogP contribution >= 0.6 is 0 Å². The standard InChI is InChI=1S/C13H13NO4/c1-14-9(2-3-10(14)7-15)4-8-5-11(16)13(18)12(17)6-8/h2-3,5-7,16-18H,4H2,1H3. The number of hydrogen-bond donors (Lipinski definition) is 3. The number of rotatable bonds is 3. The van der Waals surface area contributed by atoms with Crippen LogP contribution < -0.4 is 0 Å². The molecule has 2 aromatic rings. The van der Waals surface area contributed by atoms with Crippen molar-refractivity contribution in [3.05, 3.63) is 41.2 Å². The van der Waals surface area contributed by atoms with Gasteiger partial charge in [0.05, 0.1) is 5.69 Å². The molecule has 1 aromatic heterocycles. The smallest absolute Gasteiger partial charge is 0.200 e. The van der Waals surface area contributed by atoms with Crippen LogP contribution in [0.15, 0.2) is 24.3 Å². The minimum atomic E-state index is -0.529. The molecule has 0 radical (unpaired) electrons. The minimum Gasteiger partial charge on any atom is -0.504 e. The first kappa shape index (κ1) is 12.0. The zero-order chi connectivity index (χ0) is 13.3. The van der Waals surface area contributed by atoms with E-state index in [2.05, 4.69) is 0 Å². The molecule has 5 heteroatoms. The Morgan fingerprint density at radius 3 is 2.28 bits per heavy atom. The molecule has 0 spiro atoms. The van der Waals surface area contributed by atoms with Crippen LogP contribution in [0.4, 0.5) is 0 Å². The topological polar surface area (TPSA) is 82.7 Å². The van der Waals surface area contributed by atoms with E-state index in [0.717, 1.165) is 12.0 Å². The Kier molecular flexibility index (Phi) is 2.97. The van der Waals surface area contributed by atoms with Crippen LogP contribution in [0.2, 0.25) is 0 Å². The third kappa shape index (κ3) is 2.02. The molecule has 18 heavy (non-hydrogen) atoms. The maximum Gasteiger partial charge on any atom is 0.200 e. The molecule has 0 saturated heterocycles. The quantitative estimate of drug-likeness (QED) is 0.567. The van der Waals surface area contributed by atoms with Gasteiger partial charge in [0, 0.05) is 19.2 Å². The summed E-state index contributed by atoms with van der Waals surface area (Å²) in [5.74, 6) is -1.26. The highest BCUT2D eigenvalue weighted by molar-refractivity contribution is 5.72. The number of benzene rings is 1. The van der Waals surface area contributed by atoms with Gasteiger partial charge in [-0.15, -0.1) is 0 Å². The fourth-order valence-corrected chi connectivity index (χ4v) is 1.84. The Hall–Kier alpha value is -2.43. The predicted octanol–water partition coefficient (Wildman–Crippen LogP) is 1.55. The molecule has 0 amide bonds. The van der Waals surface area contributed by atoms with Crippen molar-refractivity contribution in [1.29, 1.82) is 0 Å². The summed E-state index contributed by atoms with van der Waals surface area (Å²) in [6.07, 6.45) is 1.20. The summed E-state index contributed by atoms with van der Waals surface area (Å²) < 4.78 is 1.73. The molecule has 0 aliphatic rings. The Labute approximate surface area is 104 Å². The van der Waals surface area contributed by atoms with Crippen LogP contribution in [-0.2, 0) is 13.5 Å². The molecule has 0 bridgehead atoms. The molecule has 1 aromatic carbocycles. The maximum atomic E-state index is 10.7. The van der Waals surface area contributed by atoms with Crippen molar-refractivity contribution < 1.29 is 20.1 Å². The van der Waals surface area contributed by atoms with Crippen LogP contribution in [0.1, 0.15) is 21.7 Å². The second-order valence-electron chi connectivity index (χ2n) is 4.09. The molecule has 0 atom stereocenters. The summed E-state index contributed by atoms with van der Waals surface area (Å²) in [6, 6.07) is 6.25. The van der Waals surface area contributed by atoms with Gasteiger partial charge in [0.2, 0.25) is 0 Å². The number of phenols is 3. The third-order valence-corrected chi connectivity index (χ3v) is 2.90. The molecular weight excluding hydrogens is 234 g/mol. The number of aromatic hydroxyl groups is 3. The Bertz CT molecular complexity index is 578. The molecule has 94 valence electrons. The van der Waals surface area contributed by atoms with E-state index >= 15 is 0 Å². The first-order chi connectivity index (χ1) is 8.52. The molecule has 0 aliphatic heterocycles. The van der Waals surface area contributed by atoms with Gasteiger partial charge in [-0.2, -0.15) is 0 Å². The Morgan fingerprint density at radius 2 is 1.78 bits per heavy atom. The van der Waals surface area contributed by atoms with Gasteiger partial charge in [-0.1, -0.05) is 0 Å². The van der Waals surface area contributed by atoms with E-state index in [-0.39, 0.29) is 11.5 Å². The van der Waals surface area contributed by atoms with Crippen LogP contribution in [0.5, 0.6) is 17.2 Å². The minimum absolute atomic E-state index is 0.366. The second-order valence-corrected chi connectivity index (χ2v) is 4.09. The number of aromatic nitrogens is 1. The lowest BCUT2D eigenvalue weighted by molar-refractivity contribution is 0.111. The van der Waals surface area contributed by atoms with E-state index in [9.17, 15) is 20.1 Å². The predicted molar refractivity (Wildman–Crippen MR) is 65.0 cm³/mol. The van der Waals surface area contributed by atoms with Crippen molar-refractivity contribution >= 4 is 6.29 Å². The van der Waals surface area contributed by atoms with E-state index in [0.29, 0.717) is 17.7 Å². The van der Waals surface area contributed by atoms with Gasteiger partial charge >= 0.3 is 0 Å². The largest absolute Gasteiger partial charge is 0.504 e. The van der Waals surface area contributed by atoms with Gasteiger partial charge < -0.3 is 19.9 Å². The molecular formula is C13H13NO4. The normalized spacial score (nSPS) is 10.5. The SMILES string of the molecule is Cn1c(C=O)ccc1Cc1cc(O)c(O)c(O)c1. The zero-order valence-electron chi connectivity index (χ0n) is 9.79. The number of carbonyl (C=O) groups excluding carboxylic acids is 1. The molecule has 0 saturated carbocycles. The molecule has 1 heterocycles. The highest BCUT2D eigenvalue weighted by atomic mass is 16.3. The van der Waals surface area contributed by atoms with E-state index in [4.69, 9.17) is 0 Å². The van der Waals surface area contributed by atoms with Gasteiger partial charge in [0.1, 0.15) is 0 Å². The molecule has 2 rings (SSSR count).